The van der Waals surface area contributed by atoms with E-state index in [4.69, 9.17) is 4.74 Å². The van der Waals surface area contributed by atoms with E-state index in [0.717, 1.165) is 4.31 Å². The highest BCUT2D eigenvalue weighted by atomic mass is 32.2. The Morgan fingerprint density at radius 3 is 2.48 bits per heavy atom. The Morgan fingerprint density at radius 1 is 1.17 bits per heavy atom. The largest absolute Gasteiger partial charge is 0.507 e. The Bertz CT molecular complexity index is 830. The van der Waals surface area contributed by atoms with Crippen LogP contribution in [0.1, 0.15) is 5.56 Å². The van der Waals surface area contributed by atoms with Crippen molar-refractivity contribution >= 4 is 21.9 Å². The molecule has 2 aromatic rings. The smallest absolute Gasteiger partial charge is 0.246 e. The standard InChI is InChI=1S/C16H18N2O4S/c1-18(2)23(20,21)16-10-13(8-9-15(16)22-3)17-11-12-6-4-5-7-14(12)19/h4-11,19H,1-3H3. The molecule has 0 aromatic heterocycles. The molecule has 7 heteroatoms. The first-order valence-electron chi connectivity index (χ1n) is 6.79. The molecule has 6 nitrogen and oxygen atoms in total. The van der Waals surface area contributed by atoms with Crippen LogP contribution >= 0.6 is 0 Å². The number of hydrogen-bond acceptors (Lipinski definition) is 5. The molecule has 0 aliphatic heterocycles. The van der Waals surface area contributed by atoms with E-state index in [9.17, 15) is 13.5 Å². The number of methoxy groups -OCH3 is 1. The lowest BCUT2D eigenvalue weighted by Crippen LogP contribution is -2.22. The zero-order valence-corrected chi connectivity index (χ0v) is 13.9. The summed E-state index contributed by atoms with van der Waals surface area (Å²) >= 11 is 0. The lowest BCUT2D eigenvalue weighted by atomic mass is 10.2. The molecule has 122 valence electrons. The van der Waals surface area contributed by atoms with Gasteiger partial charge in [-0.1, -0.05) is 12.1 Å². The van der Waals surface area contributed by atoms with Crippen molar-refractivity contribution in [1.82, 2.24) is 4.31 Å². The summed E-state index contributed by atoms with van der Waals surface area (Å²) in [5.74, 6) is 0.353. The quantitative estimate of drug-likeness (QED) is 0.852. The summed E-state index contributed by atoms with van der Waals surface area (Å²) in [5.41, 5.74) is 0.981. The van der Waals surface area contributed by atoms with Gasteiger partial charge in [-0.2, -0.15) is 0 Å². The first-order valence-corrected chi connectivity index (χ1v) is 8.23. The zero-order valence-electron chi connectivity index (χ0n) is 13.1. The topological polar surface area (TPSA) is 79.2 Å². The van der Waals surface area contributed by atoms with Crippen molar-refractivity contribution in [3.8, 4) is 11.5 Å². The molecule has 0 saturated carbocycles. The molecule has 23 heavy (non-hydrogen) atoms. The minimum absolute atomic E-state index is 0.0388. The second kappa shape index (κ2) is 6.80. The van der Waals surface area contributed by atoms with E-state index in [1.165, 1.54) is 33.5 Å². The average Bonchev–Trinajstić information content (AvgIpc) is 2.53. The number of phenolic OH excluding ortho intramolecular Hbond substituents is 1. The maximum Gasteiger partial charge on any atom is 0.246 e. The van der Waals surface area contributed by atoms with Crippen molar-refractivity contribution in [3.05, 3.63) is 48.0 Å². The fourth-order valence-corrected chi connectivity index (χ4v) is 2.95. The van der Waals surface area contributed by atoms with Gasteiger partial charge in [-0.3, -0.25) is 4.99 Å². The number of benzene rings is 2. The molecule has 0 bridgehead atoms. The minimum atomic E-state index is -3.65. The van der Waals surface area contributed by atoms with Gasteiger partial charge >= 0.3 is 0 Å². The minimum Gasteiger partial charge on any atom is -0.507 e. The Balaban J connectivity index is 2.45. The molecular weight excluding hydrogens is 316 g/mol. The van der Waals surface area contributed by atoms with Crippen molar-refractivity contribution in [2.45, 2.75) is 4.90 Å². The molecule has 0 unspecified atom stereocenters. The van der Waals surface area contributed by atoms with Crippen LogP contribution in [0.15, 0.2) is 52.4 Å². The van der Waals surface area contributed by atoms with Crippen LogP contribution in [0.4, 0.5) is 5.69 Å². The van der Waals surface area contributed by atoms with Gasteiger partial charge in [-0.25, -0.2) is 12.7 Å². The molecule has 2 aromatic carbocycles. The molecule has 0 saturated heterocycles. The van der Waals surface area contributed by atoms with Crippen molar-refractivity contribution in [3.63, 3.8) is 0 Å². The maximum absolute atomic E-state index is 12.3. The summed E-state index contributed by atoms with van der Waals surface area (Å²) in [5, 5.41) is 9.71. The second-order valence-electron chi connectivity index (χ2n) is 4.94. The molecule has 1 N–H and O–H groups in total. The molecule has 0 radical (unpaired) electrons. The Morgan fingerprint density at radius 2 is 1.87 bits per heavy atom. The lowest BCUT2D eigenvalue weighted by molar-refractivity contribution is 0.400. The Hall–Kier alpha value is -2.38. The normalized spacial score (nSPS) is 12.0. The van der Waals surface area contributed by atoms with Crippen molar-refractivity contribution in [2.24, 2.45) is 4.99 Å². The number of hydrogen-bond donors (Lipinski definition) is 1. The van der Waals surface area contributed by atoms with E-state index in [0.29, 0.717) is 11.3 Å². The third-order valence-corrected chi connectivity index (χ3v) is 5.03. The van der Waals surface area contributed by atoms with Gasteiger partial charge in [0, 0.05) is 25.9 Å². The van der Waals surface area contributed by atoms with Crippen LogP contribution in [0.3, 0.4) is 0 Å². The van der Waals surface area contributed by atoms with Crippen LogP contribution in [0.2, 0.25) is 0 Å². The van der Waals surface area contributed by atoms with E-state index < -0.39 is 10.0 Å². The first-order chi connectivity index (χ1) is 10.9. The average molecular weight is 334 g/mol. The van der Waals surface area contributed by atoms with E-state index in [-0.39, 0.29) is 16.4 Å². The van der Waals surface area contributed by atoms with Gasteiger partial charge in [-0.05, 0) is 30.3 Å². The summed E-state index contributed by atoms with van der Waals surface area (Å²) in [4.78, 5) is 4.26. The van der Waals surface area contributed by atoms with Crippen LogP contribution in [0.25, 0.3) is 0 Å². The number of aliphatic imine (C=N–C) groups is 1. The van der Waals surface area contributed by atoms with E-state index in [1.54, 1.807) is 36.4 Å². The van der Waals surface area contributed by atoms with E-state index in [2.05, 4.69) is 4.99 Å². The highest BCUT2D eigenvalue weighted by molar-refractivity contribution is 7.89. The van der Waals surface area contributed by atoms with Crippen molar-refractivity contribution in [2.75, 3.05) is 21.2 Å². The Labute approximate surface area is 135 Å². The third-order valence-electron chi connectivity index (χ3n) is 3.20. The number of nitrogens with zero attached hydrogens (tertiary/aromatic N) is 2. The fraction of sp³-hybridized carbons (Fsp3) is 0.188. The van der Waals surface area contributed by atoms with Crippen LogP contribution in [0, 0.1) is 0 Å². The van der Waals surface area contributed by atoms with Gasteiger partial charge in [0.1, 0.15) is 16.4 Å². The van der Waals surface area contributed by atoms with E-state index >= 15 is 0 Å². The highest BCUT2D eigenvalue weighted by Gasteiger charge is 2.22. The zero-order chi connectivity index (χ0) is 17.0. The van der Waals surface area contributed by atoms with Gasteiger partial charge in [0.25, 0.3) is 0 Å². The predicted octanol–water partition coefficient (Wildman–Crippen LogP) is 2.40. The van der Waals surface area contributed by atoms with Crippen molar-refractivity contribution < 1.29 is 18.3 Å². The summed E-state index contributed by atoms with van der Waals surface area (Å²) in [6, 6.07) is 11.4. The molecular formula is C16H18N2O4S. The fourth-order valence-electron chi connectivity index (χ4n) is 1.88. The predicted molar refractivity (Wildman–Crippen MR) is 89.2 cm³/mol. The SMILES string of the molecule is COc1ccc(N=Cc2ccccc2O)cc1S(=O)(=O)N(C)C. The number of ether oxygens (including phenoxy) is 1. The first kappa shape index (κ1) is 17.0. The van der Waals surface area contributed by atoms with Gasteiger partial charge in [-0.15, -0.1) is 0 Å². The summed E-state index contributed by atoms with van der Waals surface area (Å²) in [6.45, 7) is 0. The third kappa shape index (κ3) is 3.69. The molecule has 0 aliphatic carbocycles. The second-order valence-corrected chi connectivity index (χ2v) is 7.06. The number of phenols is 1. The maximum atomic E-state index is 12.3. The van der Waals surface area contributed by atoms with Gasteiger partial charge in [0.15, 0.2) is 0 Å². The van der Waals surface area contributed by atoms with Gasteiger partial charge in [0.05, 0.1) is 12.8 Å². The molecule has 0 amide bonds. The van der Waals surface area contributed by atoms with Crippen molar-refractivity contribution in [1.29, 1.82) is 0 Å². The molecule has 0 aliphatic rings. The number of para-hydroxylation sites is 1. The van der Waals surface area contributed by atoms with Crippen LogP contribution in [-0.4, -0.2) is 45.2 Å². The summed E-state index contributed by atoms with van der Waals surface area (Å²) in [7, 11) is 0.666. The van der Waals surface area contributed by atoms with Gasteiger partial charge in [0.2, 0.25) is 10.0 Å². The molecule has 0 heterocycles. The Kier molecular flexibility index (Phi) is 5.02. The van der Waals surface area contributed by atoms with Crippen LogP contribution in [-0.2, 0) is 10.0 Å². The molecule has 0 fully saturated rings. The van der Waals surface area contributed by atoms with Crippen LogP contribution in [0.5, 0.6) is 11.5 Å². The lowest BCUT2D eigenvalue weighted by Gasteiger charge is -2.14. The molecule has 2 rings (SSSR count). The monoisotopic (exact) mass is 334 g/mol. The number of rotatable bonds is 5. The number of aromatic hydroxyl groups is 1. The molecule has 0 atom stereocenters. The summed E-state index contributed by atoms with van der Waals surface area (Å²) < 4.78 is 30.9. The highest BCUT2D eigenvalue weighted by Crippen LogP contribution is 2.30. The van der Waals surface area contributed by atoms with E-state index in [1.807, 2.05) is 0 Å². The van der Waals surface area contributed by atoms with Gasteiger partial charge < -0.3 is 9.84 Å². The van der Waals surface area contributed by atoms with Crippen LogP contribution < -0.4 is 4.74 Å². The molecule has 0 spiro atoms. The number of sulfonamides is 1. The summed E-state index contributed by atoms with van der Waals surface area (Å²) in [6.07, 6.45) is 1.48.